The summed E-state index contributed by atoms with van der Waals surface area (Å²) in [5, 5.41) is 6.27. The number of amides is 2. The topological polar surface area (TPSA) is 70.7 Å². The number of carbonyl (C=O) groups excluding carboxylic acids is 2. The van der Waals surface area contributed by atoms with E-state index in [1.807, 2.05) is 24.3 Å². The van der Waals surface area contributed by atoms with E-state index in [2.05, 4.69) is 10.6 Å². The number of anilines is 2. The van der Waals surface area contributed by atoms with E-state index in [4.69, 9.17) is 4.74 Å². The number of nitrogens with one attached hydrogen (secondary N) is 2. The minimum absolute atomic E-state index is 0.00115. The summed E-state index contributed by atoms with van der Waals surface area (Å²) in [6.45, 7) is 4.45. The fourth-order valence-electron chi connectivity index (χ4n) is 7.56. The number of piperidine rings is 1. The van der Waals surface area contributed by atoms with Gasteiger partial charge in [0.2, 0.25) is 5.91 Å². The van der Waals surface area contributed by atoms with Gasteiger partial charge in [0.1, 0.15) is 5.82 Å². The molecule has 1 saturated carbocycles. The van der Waals surface area contributed by atoms with E-state index >= 15 is 4.39 Å². The first-order valence-corrected chi connectivity index (χ1v) is 16.0. The van der Waals surface area contributed by atoms with Crippen molar-refractivity contribution in [3.63, 3.8) is 0 Å². The van der Waals surface area contributed by atoms with Crippen LogP contribution in [0, 0.1) is 31.5 Å². The van der Waals surface area contributed by atoms with Crippen molar-refractivity contribution in [3.8, 4) is 0 Å². The number of halogens is 4. The predicted molar refractivity (Wildman–Crippen MR) is 168 cm³/mol. The van der Waals surface area contributed by atoms with Crippen LogP contribution >= 0.6 is 0 Å². The zero-order valence-corrected chi connectivity index (χ0v) is 26.0. The average Bonchev–Trinajstić information content (AvgIpc) is 3.50. The van der Waals surface area contributed by atoms with Gasteiger partial charge < -0.3 is 20.3 Å². The molecular formula is C36H39F4N3O3. The molecule has 244 valence electrons. The van der Waals surface area contributed by atoms with Crippen molar-refractivity contribution >= 4 is 23.2 Å². The number of likely N-dealkylation sites (tertiary alicyclic amines) is 1. The second-order valence-electron chi connectivity index (χ2n) is 12.9. The van der Waals surface area contributed by atoms with Gasteiger partial charge >= 0.3 is 6.18 Å². The van der Waals surface area contributed by atoms with E-state index in [0.29, 0.717) is 30.8 Å². The lowest BCUT2D eigenvalue weighted by molar-refractivity contribution is -0.138. The highest BCUT2D eigenvalue weighted by Gasteiger charge is 2.50. The third-order valence-electron chi connectivity index (χ3n) is 9.88. The Kier molecular flexibility index (Phi) is 9.10. The van der Waals surface area contributed by atoms with Gasteiger partial charge in [0.05, 0.1) is 23.1 Å². The number of hydrogen-bond acceptors (Lipinski definition) is 4. The molecule has 2 amide bonds. The van der Waals surface area contributed by atoms with Crippen LogP contribution in [-0.4, -0.2) is 42.0 Å². The first kappa shape index (κ1) is 32.0. The van der Waals surface area contributed by atoms with Crippen molar-refractivity contribution in [3.05, 3.63) is 94.3 Å². The summed E-state index contributed by atoms with van der Waals surface area (Å²) in [4.78, 5) is 30.2. The molecule has 6 nitrogen and oxygen atoms in total. The van der Waals surface area contributed by atoms with E-state index in [1.54, 1.807) is 24.0 Å². The van der Waals surface area contributed by atoms with Gasteiger partial charge in [-0.3, -0.25) is 9.59 Å². The Morgan fingerprint density at radius 3 is 2.30 bits per heavy atom. The third-order valence-corrected chi connectivity index (χ3v) is 9.88. The molecule has 46 heavy (non-hydrogen) atoms. The Balaban J connectivity index is 1.38. The van der Waals surface area contributed by atoms with Crippen LogP contribution in [0.5, 0.6) is 0 Å². The van der Waals surface area contributed by atoms with E-state index in [9.17, 15) is 22.8 Å². The number of carbonyl (C=O) groups is 2. The van der Waals surface area contributed by atoms with Crippen molar-refractivity contribution in [1.29, 1.82) is 0 Å². The van der Waals surface area contributed by atoms with Gasteiger partial charge in [-0.25, -0.2) is 4.39 Å². The van der Waals surface area contributed by atoms with Gasteiger partial charge in [-0.1, -0.05) is 36.8 Å². The number of rotatable bonds is 6. The highest BCUT2D eigenvalue weighted by atomic mass is 19.4. The highest BCUT2D eigenvalue weighted by Crippen LogP contribution is 2.49. The molecule has 1 aliphatic carbocycles. The Morgan fingerprint density at radius 1 is 0.891 bits per heavy atom. The maximum atomic E-state index is 15.3. The smallest absolute Gasteiger partial charge is 0.382 e. The molecule has 3 fully saturated rings. The summed E-state index contributed by atoms with van der Waals surface area (Å²) < 4.78 is 61.8. The number of aryl methyl sites for hydroxylation is 2. The lowest BCUT2D eigenvalue weighted by Gasteiger charge is -2.48. The normalized spacial score (nSPS) is 23.6. The summed E-state index contributed by atoms with van der Waals surface area (Å²) in [5.74, 6) is -2.35. The molecule has 2 saturated heterocycles. The largest absolute Gasteiger partial charge is 0.416 e. The van der Waals surface area contributed by atoms with Gasteiger partial charge in [0, 0.05) is 36.7 Å². The van der Waals surface area contributed by atoms with E-state index < -0.39 is 41.3 Å². The molecule has 2 unspecified atom stereocenters. The molecule has 0 radical (unpaired) electrons. The lowest BCUT2D eigenvalue weighted by Crippen LogP contribution is -2.54. The maximum Gasteiger partial charge on any atom is 0.416 e. The summed E-state index contributed by atoms with van der Waals surface area (Å²) >= 11 is 0. The number of hydrogen-bond donors (Lipinski definition) is 2. The SMILES string of the molecule is Cc1ccc(NC(=O)C2C[C@@H]3CCC[C@@H]3N(C(=O)c3c(C)cccc3F)C2c2ccc(NC3CCOCC3)cc2)cc1C(F)(F)F. The maximum absolute atomic E-state index is 15.3. The number of ether oxygens (including phenoxy) is 1. The van der Waals surface area contributed by atoms with E-state index in [1.165, 1.54) is 25.1 Å². The Morgan fingerprint density at radius 2 is 1.61 bits per heavy atom. The van der Waals surface area contributed by atoms with Crippen molar-refractivity contribution in [2.24, 2.45) is 11.8 Å². The van der Waals surface area contributed by atoms with Crippen LogP contribution in [0.15, 0.2) is 60.7 Å². The minimum Gasteiger partial charge on any atom is -0.382 e. The molecule has 3 aromatic carbocycles. The van der Waals surface area contributed by atoms with E-state index in [0.717, 1.165) is 43.9 Å². The molecule has 2 heterocycles. The van der Waals surface area contributed by atoms with Crippen LogP contribution in [0.3, 0.4) is 0 Å². The standard InChI is InChI=1S/C36H39F4N3O3/c1-21-9-12-27(20-29(21)36(38,39)40)42-34(44)28-19-24-6-4-8-31(24)43(35(45)32-22(2)5-3-7-30(32)37)33(28)23-10-13-25(14-11-23)41-26-15-17-46-18-16-26/h3,5,7,9-14,20,24,26,28,31,33,41H,4,6,8,15-19H2,1-2H3,(H,42,44)/t24-,28?,31-,33?/m0/s1. The zero-order chi connectivity index (χ0) is 32.6. The second-order valence-corrected chi connectivity index (χ2v) is 12.9. The first-order valence-electron chi connectivity index (χ1n) is 16.0. The summed E-state index contributed by atoms with van der Waals surface area (Å²) in [6, 6.07) is 15.2. The molecule has 2 N–H and O–H groups in total. The zero-order valence-electron chi connectivity index (χ0n) is 26.0. The molecule has 3 aliphatic rings. The van der Waals surface area contributed by atoms with Crippen molar-refractivity contribution in [2.45, 2.75) is 76.7 Å². The molecule has 3 aromatic rings. The van der Waals surface area contributed by atoms with Crippen LogP contribution < -0.4 is 10.6 Å². The van der Waals surface area contributed by atoms with Crippen molar-refractivity contribution < 1.29 is 31.9 Å². The summed E-state index contributed by atoms with van der Waals surface area (Å²) in [7, 11) is 0. The van der Waals surface area contributed by atoms with Crippen LogP contribution in [0.1, 0.15) is 77.2 Å². The highest BCUT2D eigenvalue weighted by molar-refractivity contribution is 5.98. The van der Waals surface area contributed by atoms with Gasteiger partial charge in [0.25, 0.3) is 5.91 Å². The Hall–Kier alpha value is -3.92. The molecule has 0 bridgehead atoms. The first-order chi connectivity index (χ1) is 22.0. The fraction of sp³-hybridized carbons (Fsp3) is 0.444. The summed E-state index contributed by atoms with van der Waals surface area (Å²) in [5.41, 5.74) is 1.36. The number of nitrogens with zero attached hydrogens (tertiary/aromatic N) is 1. The van der Waals surface area contributed by atoms with Gasteiger partial charge in [0.15, 0.2) is 0 Å². The third kappa shape index (κ3) is 6.49. The Bertz CT molecular complexity index is 1570. The molecule has 0 spiro atoms. The van der Waals surface area contributed by atoms with Crippen molar-refractivity contribution in [2.75, 3.05) is 23.8 Å². The number of alkyl halides is 3. The quantitative estimate of drug-likeness (QED) is 0.268. The minimum atomic E-state index is -4.57. The van der Waals surface area contributed by atoms with Crippen LogP contribution in [0.2, 0.25) is 0 Å². The Labute approximate surface area is 266 Å². The number of fused-ring (bicyclic) bond motifs is 1. The number of benzene rings is 3. The lowest BCUT2D eigenvalue weighted by atomic mass is 9.76. The van der Waals surface area contributed by atoms with Crippen molar-refractivity contribution in [1.82, 2.24) is 4.90 Å². The van der Waals surface area contributed by atoms with Crippen LogP contribution in [0.25, 0.3) is 0 Å². The fourth-order valence-corrected chi connectivity index (χ4v) is 7.56. The molecule has 2 aliphatic heterocycles. The van der Waals surface area contributed by atoms with Gasteiger partial charge in [-0.05, 0) is 98.9 Å². The predicted octanol–water partition coefficient (Wildman–Crippen LogP) is 8.06. The average molecular weight is 638 g/mol. The molecular weight excluding hydrogens is 598 g/mol. The van der Waals surface area contributed by atoms with Gasteiger partial charge in [-0.2, -0.15) is 13.2 Å². The molecule has 4 atom stereocenters. The van der Waals surface area contributed by atoms with Crippen LogP contribution in [0.4, 0.5) is 28.9 Å². The molecule has 10 heteroatoms. The second kappa shape index (κ2) is 13.1. The van der Waals surface area contributed by atoms with Gasteiger partial charge in [-0.15, -0.1) is 0 Å². The monoisotopic (exact) mass is 637 g/mol. The van der Waals surface area contributed by atoms with Crippen LogP contribution in [-0.2, 0) is 15.7 Å². The summed E-state index contributed by atoms with van der Waals surface area (Å²) in [6.07, 6.45) is 0.0437. The molecule has 6 rings (SSSR count). The molecule has 0 aromatic heterocycles. The van der Waals surface area contributed by atoms with E-state index in [-0.39, 0.29) is 34.8 Å².